The lowest BCUT2D eigenvalue weighted by molar-refractivity contribution is -0.385. The number of pyridine rings is 1. The maximum atomic E-state index is 11.1. The molecule has 0 aliphatic rings. The van der Waals surface area contributed by atoms with Gasteiger partial charge < -0.3 is 9.77 Å². The zero-order valence-corrected chi connectivity index (χ0v) is 16.2. The van der Waals surface area contributed by atoms with Gasteiger partial charge in [0, 0.05) is 23.2 Å². The summed E-state index contributed by atoms with van der Waals surface area (Å²) >= 11 is 1.39. The van der Waals surface area contributed by atoms with Crippen LogP contribution in [0.2, 0.25) is 0 Å². The summed E-state index contributed by atoms with van der Waals surface area (Å²) in [6.07, 6.45) is 3.00. The van der Waals surface area contributed by atoms with Crippen LogP contribution < -0.4 is 0 Å². The number of non-ortho nitro benzene ring substituents is 1. The average molecular weight is 397 g/mol. The third kappa shape index (κ3) is 4.37. The number of hydrogen-bond acceptors (Lipinski definition) is 7. The van der Waals surface area contributed by atoms with Crippen LogP contribution in [0.15, 0.2) is 63.7 Å². The summed E-state index contributed by atoms with van der Waals surface area (Å²) in [4.78, 5) is 20.4. The number of nitro groups is 1. The van der Waals surface area contributed by atoms with Gasteiger partial charge in [-0.25, -0.2) is 4.98 Å². The van der Waals surface area contributed by atoms with Crippen molar-refractivity contribution in [3.63, 3.8) is 0 Å². The Morgan fingerprint density at radius 3 is 2.79 bits per heavy atom. The van der Waals surface area contributed by atoms with Gasteiger partial charge >= 0.3 is 0 Å². The lowest BCUT2D eigenvalue weighted by atomic mass is 10.1. The summed E-state index contributed by atoms with van der Waals surface area (Å²) in [7, 11) is 0. The van der Waals surface area contributed by atoms with E-state index in [2.05, 4.69) is 15.1 Å². The molecule has 0 aliphatic heterocycles. The molecule has 1 N–H and O–H groups in total. The van der Waals surface area contributed by atoms with E-state index in [9.17, 15) is 10.1 Å². The minimum Gasteiger partial charge on any atom is -0.411 e. The van der Waals surface area contributed by atoms with Gasteiger partial charge in [-0.2, -0.15) is 0 Å². The summed E-state index contributed by atoms with van der Waals surface area (Å²) in [5, 5.41) is 24.1. The summed E-state index contributed by atoms with van der Waals surface area (Å²) in [5.41, 5.74) is 1.68. The predicted molar refractivity (Wildman–Crippen MR) is 106 cm³/mol. The van der Waals surface area contributed by atoms with Crippen LogP contribution in [0.4, 0.5) is 5.69 Å². The van der Waals surface area contributed by atoms with Crippen LogP contribution in [-0.4, -0.2) is 30.9 Å². The quantitative estimate of drug-likeness (QED) is 0.275. The van der Waals surface area contributed by atoms with Gasteiger partial charge in [-0.3, -0.25) is 15.1 Å². The highest BCUT2D eigenvalue weighted by Gasteiger charge is 2.21. The van der Waals surface area contributed by atoms with E-state index in [1.54, 1.807) is 12.3 Å². The molecular weight excluding hydrogens is 378 g/mol. The number of nitro benzene ring substituents is 1. The van der Waals surface area contributed by atoms with Gasteiger partial charge in [-0.1, -0.05) is 42.9 Å². The van der Waals surface area contributed by atoms with E-state index < -0.39 is 4.92 Å². The number of oxime groups is 1. The third-order valence-corrected chi connectivity index (χ3v) is 5.10. The molecule has 0 saturated heterocycles. The van der Waals surface area contributed by atoms with Crippen molar-refractivity contribution in [3.8, 4) is 0 Å². The summed E-state index contributed by atoms with van der Waals surface area (Å²) in [5.74, 6) is 0.599. The molecule has 8 nitrogen and oxygen atoms in total. The first-order valence-corrected chi connectivity index (χ1v) is 9.41. The standard InChI is InChI=1S/C19H19N5O3S/c1-13(2)18-19(28-16-8-5-7-15(10-16)24(26)27)23(17(22-18)11-21-25)12-14-6-3-4-9-20-14/h3-11,13,25H,12H2,1-2H3. The van der Waals surface area contributed by atoms with Crippen molar-refractivity contribution in [2.75, 3.05) is 0 Å². The molecule has 0 amide bonds. The molecule has 2 aromatic heterocycles. The summed E-state index contributed by atoms with van der Waals surface area (Å²) in [6.45, 7) is 4.47. The third-order valence-electron chi connectivity index (χ3n) is 3.99. The molecule has 0 unspecified atom stereocenters. The number of aromatic nitrogens is 3. The second-order valence-corrected chi connectivity index (χ2v) is 7.39. The van der Waals surface area contributed by atoms with Crippen molar-refractivity contribution in [3.05, 3.63) is 76.0 Å². The number of imidazole rings is 1. The summed E-state index contributed by atoms with van der Waals surface area (Å²) < 4.78 is 1.90. The Kier molecular flexibility index (Phi) is 6.05. The molecule has 0 atom stereocenters. The Labute approximate surface area is 166 Å². The van der Waals surface area contributed by atoms with Crippen molar-refractivity contribution >= 4 is 23.7 Å². The van der Waals surface area contributed by atoms with Gasteiger partial charge in [-0.15, -0.1) is 0 Å². The first-order valence-electron chi connectivity index (χ1n) is 8.59. The molecule has 28 heavy (non-hydrogen) atoms. The van der Waals surface area contributed by atoms with Gasteiger partial charge in [0.2, 0.25) is 0 Å². The number of nitrogens with zero attached hydrogens (tertiary/aromatic N) is 5. The molecule has 3 aromatic rings. The van der Waals surface area contributed by atoms with E-state index in [0.717, 1.165) is 21.3 Å². The van der Waals surface area contributed by atoms with Crippen LogP contribution in [0.25, 0.3) is 0 Å². The van der Waals surface area contributed by atoms with Crippen LogP contribution in [0.5, 0.6) is 0 Å². The smallest absolute Gasteiger partial charge is 0.270 e. The lowest BCUT2D eigenvalue weighted by Crippen LogP contribution is -2.07. The second kappa shape index (κ2) is 8.66. The Bertz CT molecular complexity index is 1000. The SMILES string of the molecule is CC(C)c1nc(C=NO)n(Cc2ccccn2)c1Sc1cccc([N+](=O)[O-])c1. The zero-order chi connectivity index (χ0) is 20.1. The summed E-state index contributed by atoms with van der Waals surface area (Å²) in [6, 6.07) is 12.1. The number of hydrogen-bond donors (Lipinski definition) is 1. The first-order chi connectivity index (χ1) is 13.5. The molecule has 0 fully saturated rings. The lowest BCUT2D eigenvalue weighted by Gasteiger charge is -2.12. The molecule has 1 aromatic carbocycles. The van der Waals surface area contributed by atoms with Crippen LogP contribution in [0.3, 0.4) is 0 Å². The Morgan fingerprint density at radius 2 is 2.14 bits per heavy atom. The van der Waals surface area contributed by atoms with E-state index in [-0.39, 0.29) is 11.6 Å². The molecule has 144 valence electrons. The minimum atomic E-state index is -0.414. The van der Waals surface area contributed by atoms with Gasteiger partial charge in [0.1, 0.15) is 11.2 Å². The fourth-order valence-electron chi connectivity index (χ4n) is 2.69. The van der Waals surface area contributed by atoms with E-state index in [1.807, 2.05) is 42.7 Å². The van der Waals surface area contributed by atoms with Crippen LogP contribution in [0, 0.1) is 10.1 Å². The highest BCUT2D eigenvalue weighted by Crippen LogP contribution is 2.36. The van der Waals surface area contributed by atoms with Crippen molar-refractivity contribution in [2.24, 2.45) is 5.16 Å². The molecule has 0 saturated carbocycles. The number of rotatable bonds is 7. The number of benzene rings is 1. The maximum Gasteiger partial charge on any atom is 0.270 e. The minimum absolute atomic E-state index is 0.0315. The molecule has 0 aliphatic carbocycles. The maximum absolute atomic E-state index is 11.1. The van der Waals surface area contributed by atoms with E-state index in [1.165, 1.54) is 30.1 Å². The normalized spacial score (nSPS) is 11.4. The topological polar surface area (TPSA) is 106 Å². The molecule has 2 heterocycles. The second-order valence-electron chi connectivity index (χ2n) is 6.32. The van der Waals surface area contributed by atoms with Gasteiger partial charge in [0.25, 0.3) is 5.69 Å². The Hall–Kier alpha value is -3.20. The first kappa shape index (κ1) is 19.6. The largest absolute Gasteiger partial charge is 0.411 e. The Morgan fingerprint density at radius 1 is 1.32 bits per heavy atom. The zero-order valence-electron chi connectivity index (χ0n) is 15.4. The van der Waals surface area contributed by atoms with E-state index in [0.29, 0.717) is 12.4 Å². The Balaban J connectivity index is 2.09. The van der Waals surface area contributed by atoms with Crippen molar-refractivity contribution in [2.45, 2.75) is 36.2 Å². The van der Waals surface area contributed by atoms with Crippen LogP contribution >= 0.6 is 11.8 Å². The highest BCUT2D eigenvalue weighted by molar-refractivity contribution is 7.99. The van der Waals surface area contributed by atoms with Crippen molar-refractivity contribution in [1.82, 2.24) is 14.5 Å². The van der Waals surface area contributed by atoms with E-state index in [4.69, 9.17) is 5.21 Å². The van der Waals surface area contributed by atoms with Crippen LogP contribution in [0.1, 0.15) is 37.0 Å². The van der Waals surface area contributed by atoms with Crippen molar-refractivity contribution in [1.29, 1.82) is 0 Å². The highest BCUT2D eigenvalue weighted by atomic mass is 32.2. The van der Waals surface area contributed by atoms with E-state index >= 15 is 0 Å². The van der Waals surface area contributed by atoms with Gasteiger partial charge in [0.05, 0.1) is 22.9 Å². The van der Waals surface area contributed by atoms with Crippen molar-refractivity contribution < 1.29 is 10.1 Å². The molecule has 0 radical (unpaired) electrons. The van der Waals surface area contributed by atoms with Gasteiger partial charge in [0.15, 0.2) is 5.82 Å². The average Bonchev–Trinajstić information content (AvgIpc) is 3.01. The predicted octanol–water partition coefficient (Wildman–Crippen LogP) is 4.32. The fraction of sp³-hybridized carbons (Fsp3) is 0.211. The molecule has 0 spiro atoms. The monoisotopic (exact) mass is 397 g/mol. The molecule has 0 bridgehead atoms. The van der Waals surface area contributed by atoms with Crippen LogP contribution in [-0.2, 0) is 6.54 Å². The molecule has 3 rings (SSSR count). The fourth-order valence-corrected chi connectivity index (χ4v) is 3.89. The van der Waals surface area contributed by atoms with Gasteiger partial charge in [-0.05, 0) is 24.1 Å². The molecular formula is C19H19N5O3S. The molecule has 9 heteroatoms.